The lowest BCUT2D eigenvalue weighted by Crippen LogP contribution is -2.54. The molecule has 1 aliphatic heterocycles. The highest BCUT2D eigenvalue weighted by Gasteiger charge is 2.46. The van der Waals surface area contributed by atoms with Crippen molar-refractivity contribution < 1.29 is 23.8 Å². The summed E-state index contributed by atoms with van der Waals surface area (Å²) in [6.07, 6.45) is 6.12. The Kier molecular flexibility index (Phi) is 6.72. The van der Waals surface area contributed by atoms with Crippen molar-refractivity contribution in [2.45, 2.75) is 63.3 Å². The average molecular weight is 375 g/mol. The quantitative estimate of drug-likeness (QED) is 0.735. The molecule has 6 nitrogen and oxygen atoms in total. The van der Waals surface area contributed by atoms with Gasteiger partial charge in [-0.05, 0) is 18.4 Å². The molecule has 0 bridgehead atoms. The molecule has 0 N–H and O–H groups in total. The highest BCUT2D eigenvalue weighted by molar-refractivity contribution is 5.80. The number of ether oxygens (including phenoxy) is 3. The Morgan fingerprint density at radius 2 is 1.74 bits per heavy atom. The molecule has 0 unspecified atom stereocenters. The van der Waals surface area contributed by atoms with Crippen LogP contribution in [0.5, 0.6) is 0 Å². The van der Waals surface area contributed by atoms with Crippen LogP contribution in [0.15, 0.2) is 30.3 Å². The van der Waals surface area contributed by atoms with Crippen LogP contribution in [0, 0.1) is 0 Å². The molecule has 1 heterocycles. The molecule has 3 rings (SSSR count). The van der Waals surface area contributed by atoms with Gasteiger partial charge in [0.1, 0.15) is 6.61 Å². The van der Waals surface area contributed by atoms with E-state index in [0.717, 1.165) is 31.2 Å². The third-order valence-corrected chi connectivity index (χ3v) is 5.54. The van der Waals surface area contributed by atoms with Crippen molar-refractivity contribution in [2.24, 2.45) is 0 Å². The first-order chi connectivity index (χ1) is 13.1. The van der Waals surface area contributed by atoms with Crippen molar-refractivity contribution in [3.63, 3.8) is 0 Å². The number of rotatable bonds is 5. The molecule has 1 aliphatic carbocycles. The second-order valence-corrected chi connectivity index (χ2v) is 7.39. The number of carbonyl (C=O) groups is 2. The van der Waals surface area contributed by atoms with Gasteiger partial charge < -0.3 is 19.1 Å². The third kappa shape index (κ3) is 5.01. The van der Waals surface area contributed by atoms with Gasteiger partial charge in [0, 0.05) is 25.9 Å². The SMILES string of the molecule is COC(=O)C1(OC2CCCCC2)CCN(C(=O)OCc2ccccc2)CC1. The summed E-state index contributed by atoms with van der Waals surface area (Å²) in [4.78, 5) is 26.5. The number of benzene rings is 1. The minimum Gasteiger partial charge on any atom is -0.467 e. The minimum atomic E-state index is -0.938. The predicted molar refractivity (Wildman–Crippen MR) is 100 cm³/mol. The van der Waals surface area contributed by atoms with Crippen molar-refractivity contribution >= 4 is 12.1 Å². The van der Waals surface area contributed by atoms with E-state index in [1.807, 2.05) is 30.3 Å². The fourth-order valence-electron chi connectivity index (χ4n) is 3.92. The largest absolute Gasteiger partial charge is 0.467 e. The molecule has 0 atom stereocenters. The molecule has 6 heteroatoms. The molecule has 27 heavy (non-hydrogen) atoms. The van der Waals surface area contributed by atoms with Crippen LogP contribution in [0.1, 0.15) is 50.5 Å². The van der Waals surface area contributed by atoms with Crippen molar-refractivity contribution in [3.8, 4) is 0 Å². The maximum atomic E-state index is 12.5. The summed E-state index contributed by atoms with van der Waals surface area (Å²) in [7, 11) is 1.40. The predicted octanol–water partition coefficient (Wildman–Crippen LogP) is 3.68. The summed E-state index contributed by atoms with van der Waals surface area (Å²) in [5.41, 5.74) is 0.0138. The van der Waals surface area contributed by atoms with E-state index >= 15 is 0 Å². The zero-order valence-corrected chi connectivity index (χ0v) is 16.0. The Morgan fingerprint density at radius 1 is 1.07 bits per heavy atom. The van der Waals surface area contributed by atoms with Gasteiger partial charge in [-0.3, -0.25) is 0 Å². The first-order valence-electron chi connectivity index (χ1n) is 9.85. The van der Waals surface area contributed by atoms with Gasteiger partial charge in [0.15, 0.2) is 5.60 Å². The number of piperidine rings is 1. The summed E-state index contributed by atoms with van der Waals surface area (Å²) < 4.78 is 16.7. The van der Waals surface area contributed by atoms with Crippen LogP contribution in [0.4, 0.5) is 4.79 Å². The van der Waals surface area contributed by atoms with Gasteiger partial charge in [0.25, 0.3) is 0 Å². The molecular weight excluding hydrogens is 346 g/mol. The standard InChI is InChI=1S/C21H29NO5/c1-25-19(23)21(27-18-10-6-3-7-11-18)12-14-22(15-13-21)20(24)26-16-17-8-4-2-5-9-17/h2,4-5,8-9,18H,3,6-7,10-16H2,1H3. The number of methoxy groups -OCH3 is 1. The zero-order chi connectivity index (χ0) is 19.1. The van der Waals surface area contributed by atoms with E-state index in [1.54, 1.807) is 4.90 Å². The molecule has 0 aromatic heterocycles. The lowest BCUT2D eigenvalue weighted by Gasteiger charge is -2.41. The molecule has 2 aliphatic rings. The maximum absolute atomic E-state index is 12.5. The fourth-order valence-corrected chi connectivity index (χ4v) is 3.92. The van der Waals surface area contributed by atoms with Gasteiger partial charge in [0.05, 0.1) is 13.2 Å². The van der Waals surface area contributed by atoms with Gasteiger partial charge >= 0.3 is 12.1 Å². The number of esters is 1. The molecule has 1 aromatic rings. The summed E-state index contributed by atoms with van der Waals surface area (Å²) in [5.74, 6) is -0.328. The van der Waals surface area contributed by atoms with E-state index in [2.05, 4.69) is 0 Å². The second-order valence-electron chi connectivity index (χ2n) is 7.39. The Labute approximate surface area is 160 Å². The molecular formula is C21H29NO5. The second kappa shape index (κ2) is 9.22. The van der Waals surface area contributed by atoms with Gasteiger partial charge in [0.2, 0.25) is 0 Å². The maximum Gasteiger partial charge on any atom is 0.410 e. The van der Waals surface area contributed by atoms with Crippen molar-refractivity contribution in [2.75, 3.05) is 20.2 Å². The highest BCUT2D eigenvalue weighted by atomic mass is 16.6. The molecule has 2 fully saturated rings. The van der Waals surface area contributed by atoms with E-state index in [4.69, 9.17) is 14.2 Å². The summed E-state index contributed by atoms with van der Waals surface area (Å²) >= 11 is 0. The lowest BCUT2D eigenvalue weighted by molar-refractivity contribution is -0.187. The molecule has 1 saturated heterocycles. The Bertz CT molecular complexity index is 619. The van der Waals surface area contributed by atoms with Gasteiger partial charge in [-0.15, -0.1) is 0 Å². The highest BCUT2D eigenvalue weighted by Crippen LogP contribution is 2.33. The molecule has 0 spiro atoms. The van der Waals surface area contributed by atoms with Crippen LogP contribution >= 0.6 is 0 Å². The number of hydrogen-bond acceptors (Lipinski definition) is 5. The third-order valence-electron chi connectivity index (χ3n) is 5.54. The summed E-state index contributed by atoms with van der Waals surface area (Å²) in [5, 5.41) is 0. The number of carbonyl (C=O) groups excluding carboxylic acids is 2. The average Bonchev–Trinajstić information content (AvgIpc) is 2.73. The fraction of sp³-hybridized carbons (Fsp3) is 0.619. The number of likely N-dealkylation sites (tertiary alicyclic amines) is 1. The first kappa shape index (κ1) is 19.7. The van der Waals surface area contributed by atoms with Crippen LogP contribution in [0.25, 0.3) is 0 Å². The van der Waals surface area contributed by atoms with Gasteiger partial charge in [-0.25, -0.2) is 9.59 Å². The monoisotopic (exact) mass is 375 g/mol. The molecule has 1 saturated carbocycles. The molecule has 148 valence electrons. The van der Waals surface area contributed by atoms with Gasteiger partial charge in [-0.2, -0.15) is 0 Å². The van der Waals surface area contributed by atoms with E-state index < -0.39 is 5.60 Å². The lowest BCUT2D eigenvalue weighted by atomic mass is 9.89. The van der Waals surface area contributed by atoms with Crippen molar-refractivity contribution in [1.29, 1.82) is 0 Å². The van der Waals surface area contributed by atoms with Crippen molar-refractivity contribution in [1.82, 2.24) is 4.90 Å². The minimum absolute atomic E-state index is 0.106. The molecule has 1 amide bonds. The summed E-state index contributed by atoms with van der Waals surface area (Å²) in [6.45, 7) is 1.10. The number of hydrogen-bond donors (Lipinski definition) is 0. The van der Waals surface area contributed by atoms with Crippen molar-refractivity contribution in [3.05, 3.63) is 35.9 Å². The zero-order valence-electron chi connectivity index (χ0n) is 16.0. The smallest absolute Gasteiger partial charge is 0.410 e. The topological polar surface area (TPSA) is 65.1 Å². The van der Waals surface area contributed by atoms with Crippen LogP contribution in [0.2, 0.25) is 0 Å². The Hall–Kier alpha value is -2.08. The molecule has 1 aromatic carbocycles. The summed E-state index contributed by atoms with van der Waals surface area (Å²) in [6, 6.07) is 9.59. The van der Waals surface area contributed by atoms with E-state index in [-0.39, 0.29) is 24.8 Å². The van der Waals surface area contributed by atoms with E-state index in [1.165, 1.54) is 13.5 Å². The van der Waals surface area contributed by atoms with E-state index in [0.29, 0.717) is 25.9 Å². The first-order valence-corrected chi connectivity index (χ1v) is 9.85. The number of nitrogens with zero attached hydrogens (tertiary/aromatic N) is 1. The Balaban J connectivity index is 1.55. The van der Waals surface area contributed by atoms with Crippen LogP contribution < -0.4 is 0 Å². The molecule has 0 radical (unpaired) electrons. The Morgan fingerprint density at radius 3 is 2.37 bits per heavy atom. The van der Waals surface area contributed by atoms with Gasteiger partial charge in [-0.1, -0.05) is 49.6 Å². The van der Waals surface area contributed by atoms with Crippen LogP contribution in [-0.4, -0.2) is 48.9 Å². The normalized spacial score (nSPS) is 20.1. The number of amides is 1. The van der Waals surface area contributed by atoms with Crippen LogP contribution in [-0.2, 0) is 25.6 Å². The van der Waals surface area contributed by atoms with Crippen LogP contribution in [0.3, 0.4) is 0 Å². The van der Waals surface area contributed by atoms with E-state index in [9.17, 15) is 9.59 Å².